The minimum Gasteiger partial charge on any atom is -0.466 e. The molecule has 0 aromatic carbocycles. The quantitative estimate of drug-likeness (QED) is 0.401. The highest BCUT2D eigenvalue weighted by Crippen LogP contribution is 2.13. The van der Waals surface area contributed by atoms with Crippen molar-refractivity contribution in [3.8, 4) is 0 Å². The van der Waals surface area contributed by atoms with Crippen LogP contribution in [-0.4, -0.2) is 52.1 Å². The van der Waals surface area contributed by atoms with Gasteiger partial charge in [-0.15, -0.1) is 0 Å². The van der Waals surface area contributed by atoms with Gasteiger partial charge in [-0.3, -0.25) is 4.79 Å². The number of imidazole rings is 1. The number of likely N-dealkylation sites (N-methyl/N-ethyl adjacent to an activating group) is 1. The van der Waals surface area contributed by atoms with Crippen molar-refractivity contribution >= 4 is 11.8 Å². The molecule has 20 heavy (non-hydrogen) atoms. The molecule has 0 radical (unpaired) electrons. The summed E-state index contributed by atoms with van der Waals surface area (Å²) in [5.41, 5.74) is 0. The lowest BCUT2D eigenvalue weighted by Crippen LogP contribution is -2.27. The van der Waals surface area contributed by atoms with Crippen LogP contribution < -0.4 is 0 Å². The Morgan fingerprint density at radius 3 is 2.85 bits per heavy atom. The van der Waals surface area contributed by atoms with Crippen LogP contribution in [0.5, 0.6) is 0 Å². The lowest BCUT2D eigenvalue weighted by Gasteiger charge is -2.15. The average molecular weight is 284 g/mol. The van der Waals surface area contributed by atoms with Crippen LogP contribution in [0.15, 0.2) is 6.20 Å². The third kappa shape index (κ3) is 4.61. The number of ether oxygens (including phenoxy) is 1. The molecule has 0 unspecified atom stereocenters. The summed E-state index contributed by atoms with van der Waals surface area (Å²) in [4.78, 5) is 27.5. The highest BCUT2D eigenvalue weighted by Gasteiger charge is 2.17. The van der Waals surface area contributed by atoms with Gasteiger partial charge in [-0.2, -0.15) is 0 Å². The number of aryl methyl sites for hydroxylation is 1. The fourth-order valence-corrected chi connectivity index (χ4v) is 1.78. The Morgan fingerprint density at radius 1 is 1.55 bits per heavy atom. The lowest BCUT2D eigenvalue weighted by molar-refractivity contribution is -0.392. The van der Waals surface area contributed by atoms with Gasteiger partial charge in [0.1, 0.15) is 12.7 Å². The molecule has 0 aliphatic rings. The first-order chi connectivity index (χ1) is 9.45. The maximum Gasteiger partial charge on any atom is 0.342 e. The van der Waals surface area contributed by atoms with E-state index in [0.29, 0.717) is 38.5 Å². The largest absolute Gasteiger partial charge is 0.466 e. The van der Waals surface area contributed by atoms with Crippen molar-refractivity contribution < 1.29 is 14.5 Å². The van der Waals surface area contributed by atoms with Crippen LogP contribution in [0.3, 0.4) is 0 Å². The molecule has 0 aliphatic heterocycles. The van der Waals surface area contributed by atoms with E-state index in [9.17, 15) is 14.9 Å². The van der Waals surface area contributed by atoms with E-state index in [1.54, 1.807) is 18.4 Å². The summed E-state index contributed by atoms with van der Waals surface area (Å²) in [5.74, 6) is 0.362. The van der Waals surface area contributed by atoms with Crippen LogP contribution in [0.25, 0.3) is 0 Å². The molecule has 8 heteroatoms. The number of carbonyl (C=O) groups is 1. The Morgan fingerprint density at radius 2 is 2.25 bits per heavy atom. The van der Waals surface area contributed by atoms with Crippen molar-refractivity contribution in [1.82, 2.24) is 14.5 Å². The summed E-state index contributed by atoms with van der Waals surface area (Å²) in [6.07, 6.45) is 1.57. The molecule has 0 aliphatic carbocycles. The molecule has 0 saturated carbocycles. The second-order valence-electron chi connectivity index (χ2n) is 4.43. The molecule has 1 aromatic heterocycles. The number of aromatic nitrogens is 2. The first-order valence-corrected chi connectivity index (χ1v) is 6.46. The number of nitrogens with zero attached hydrogens (tertiary/aromatic N) is 4. The first-order valence-electron chi connectivity index (χ1n) is 6.46. The van der Waals surface area contributed by atoms with Crippen LogP contribution >= 0.6 is 0 Å². The average Bonchev–Trinajstić information content (AvgIpc) is 2.75. The number of rotatable bonds is 8. The summed E-state index contributed by atoms with van der Waals surface area (Å²) in [7, 11) is 1.86. The van der Waals surface area contributed by atoms with Crippen molar-refractivity contribution in [3.63, 3.8) is 0 Å². The zero-order chi connectivity index (χ0) is 15.1. The number of carbonyl (C=O) groups excluding carboxylic acids is 1. The molecule has 1 heterocycles. The van der Waals surface area contributed by atoms with Gasteiger partial charge >= 0.3 is 11.8 Å². The Hall–Kier alpha value is -1.96. The van der Waals surface area contributed by atoms with Crippen LogP contribution in [0, 0.1) is 17.0 Å². The predicted molar refractivity (Wildman–Crippen MR) is 72.4 cm³/mol. The molecule has 0 atom stereocenters. The lowest BCUT2D eigenvalue weighted by atomic mass is 10.4. The van der Waals surface area contributed by atoms with Crippen molar-refractivity contribution in [3.05, 3.63) is 22.1 Å². The summed E-state index contributed by atoms with van der Waals surface area (Å²) >= 11 is 0. The summed E-state index contributed by atoms with van der Waals surface area (Å²) in [6.45, 7) is 5.48. The summed E-state index contributed by atoms with van der Waals surface area (Å²) in [6, 6.07) is 0. The summed E-state index contributed by atoms with van der Waals surface area (Å²) in [5, 5.41) is 10.8. The SMILES string of the molecule is CCOC(=O)CCN(C)CCn1c([N+](=O)[O-])cnc1C. The molecule has 0 bridgehead atoms. The van der Waals surface area contributed by atoms with Gasteiger partial charge < -0.3 is 19.8 Å². The Labute approximate surface area is 117 Å². The minimum absolute atomic E-state index is 0.0127. The molecule has 0 amide bonds. The topological polar surface area (TPSA) is 90.5 Å². The van der Waals surface area contributed by atoms with Gasteiger partial charge in [-0.05, 0) is 18.9 Å². The van der Waals surface area contributed by atoms with E-state index in [1.165, 1.54) is 6.20 Å². The molecule has 1 aromatic rings. The van der Waals surface area contributed by atoms with Crippen LogP contribution in [-0.2, 0) is 16.1 Å². The Balaban J connectivity index is 2.45. The highest BCUT2D eigenvalue weighted by atomic mass is 16.6. The van der Waals surface area contributed by atoms with Crippen molar-refractivity contribution in [2.24, 2.45) is 0 Å². The molecule has 112 valence electrons. The van der Waals surface area contributed by atoms with Gasteiger partial charge in [0.2, 0.25) is 0 Å². The van der Waals surface area contributed by atoms with Crippen molar-refractivity contribution in [1.29, 1.82) is 0 Å². The molecule has 0 fully saturated rings. The molecule has 0 saturated heterocycles. The molecular weight excluding hydrogens is 264 g/mol. The van der Waals surface area contributed by atoms with Gasteiger partial charge in [0.15, 0.2) is 5.82 Å². The van der Waals surface area contributed by atoms with Gasteiger partial charge in [0.05, 0.1) is 13.0 Å². The van der Waals surface area contributed by atoms with Crippen LogP contribution in [0.1, 0.15) is 19.2 Å². The van der Waals surface area contributed by atoms with E-state index in [4.69, 9.17) is 4.74 Å². The van der Waals surface area contributed by atoms with Crippen molar-refractivity contribution in [2.75, 3.05) is 26.7 Å². The van der Waals surface area contributed by atoms with Crippen molar-refractivity contribution in [2.45, 2.75) is 26.8 Å². The summed E-state index contributed by atoms with van der Waals surface area (Å²) < 4.78 is 6.40. The van der Waals surface area contributed by atoms with E-state index < -0.39 is 4.92 Å². The van der Waals surface area contributed by atoms with E-state index in [1.807, 2.05) is 11.9 Å². The Bertz CT molecular complexity index is 472. The van der Waals surface area contributed by atoms with Gasteiger partial charge in [0.25, 0.3) is 0 Å². The number of nitro groups is 1. The maximum atomic E-state index is 11.2. The van der Waals surface area contributed by atoms with Crippen LogP contribution in [0.4, 0.5) is 5.82 Å². The molecule has 1 rings (SSSR count). The monoisotopic (exact) mass is 284 g/mol. The molecule has 8 nitrogen and oxygen atoms in total. The zero-order valence-electron chi connectivity index (χ0n) is 12.0. The zero-order valence-corrected chi connectivity index (χ0v) is 12.0. The highest BCUT2D eigenvalue weighted by molar-refractivity contribution is 5.69. The third-order valence-corrected chi connectivity index (χ3v) is 2.93. The van der Waals surface area contributed by atoms with E-state index in [-0.39, 0.29) is 11.8 Å². The van der Waals surface area contributed by atoms with Gasteiger partial charge in [-0.25, -0.2) is 9.55 Å². The number of hydrogen-bond donors (Lipinski definition) is 0. The number of esters is 1. The Kier molecular flexibility index (Phi) is 6.10. The standard InChI is InChI=1S/C12H20N4O4/c1-4-20-12(17)5-6-14(3)7-8-15-10(2)13-9-11(15)16(18)19/h9H,4-8H2,1-3H3. The van der Waals surface area contributed by atoms with E-state index >= 15 is 0 Å². The molecule has 0 N–H and O–H groups in total. The fourth-order valence-electron chi connectivity index (χ4n) is 1.78. The van der Waals surface area contributed by atoms with Gasteiger partial charge in [-0.1, -0.05) is 0 Å². The third-order valence-electron chi connectivity index (χ3n) is 2.93. The number of hydrogen-bond acceptors (Lipinski definition) is 6. The van der Waals surface area contributed by atoms with Gasteiger partial charge in [0, 0.05) is 20.0 Å². The normalized spacial score (nSPS) is 10.8. The van der Waals surface area contributed by atoms with E-state index in [0.717, 1.165) is 0 Å². The fraction of sp³-hybridized carbons (Fsp3) is 0.667. The second kappa shape index (κ2) is 7.59. The second-order valence-corrected chi connectivity index (χ2v) is 4.43. The minimum atomic E-state index is -0.446. The first kappa shape index (κ1) is 16.1. The molecular formula is C12H20N4O4. The predicted octanol–water partition coefficient (Wildman–Crippen LogP) is 0.985. The smallest absolute Gasteiger partial charge is 0.342 e. The van der Waals surface area contributed by atoms with E-state index in [2.05, 4.69) is 4.98 Å². The molecule has 0 spiro atoms. The van der Waals surface area contributed by atoms with Crippen LogP contribution in [0.2, 0.25) is 0 Å². The maximum absolute atomic E-state index is 11.2.